The van der Waals surface area contributed by atoms with E-state index in [9.17, 15) is 28.7 Å². The van der Waals surface area contributed by atoms with Crippen LogP contribution in [0.4, 0.5) is 5.69 Å². The zero-order chi connectivity index (χ0) is 34.5. The summed E-state index contributed by atoms with van der Waals surface area (Å²) < 4.78 is 15.6. The molecule has 258 valence electrons. The average molecular weight is 732 g/mol. The minimum absolute atomic E-state index is 0. The zero-order valence-electron chi connectivity index (χ0n) is 29.3. The molecule has 51 heavy (non-hydrogen) atoms. The van der Waals surface area contributed by atoms with Crippen molar-refractivity contribution < 1.29 is 92.4 Å². The summed E-state index contributed by atoms with van der Waals surface area (Å²) in [6, 6.07) is 22.6. The summed E-state index contributed by atoms with van der Waals surface area (Å²) in [4.78, 5) is 70.4. The summed E-state index contributed by atoms with van der Waals surface area (Å²) in [6.45, 7) is 6.32. The van der Waals surface area contributed by atoms with E-state index in [1.807, 2.05) is 48.5 Å². The van der Waals surface area contributed by atoms with Crippen LogP contribution < -0.4 is 78.3 Å². The van der Waals surface area contributed by atoms with Gasteiger partial charge < -0.3 is 33.6 Å². The van der Waals surface area contributed by atoms with Gasteiger partial charge in [-0.3, -0.25) is 14.4 Å². The Bertz CT molecular complexity index is 1720. The molecule has 15 heteroatoms. The van der Waals surface area contributed by atoms with Crippen LogP contribution in [-0.2, 0) is 38.3 Å². The number of piperazine rings is 1. The summed E-state index contributed by atoms with van der Waals surface area (Å²) in [7, 11) is -5.25. The number of para-hydroxylation sites is 1. The van der Waals surface area contributed by atoms with Crippen molar-refractivity contribution >= 4 is 31.2 Å². The number of hydrazine groups is 1. The van der Waals surface area contributed by atoms with E-state index in [1.165, 1.54) is 12.1 Å². The maximum atomic E-state index is 14.5. The molecule has 3 aliphatic heterocycles. The number of amides is 3. The molecule has 0 N–H and O–H groups in total. The number of hydrogen-bond acceptors (Lipinski definition) is 9. The first-order valence-electron chi connectivity index (χ1n) is 16.6. The van der Waals surface area contributed by atoms with Gasteiger partial charge in [-0.2, -0.15) is 0 Å². The number of phosphoric ester groups is 1. The molecule has 0 saturated carbocycles. The molecule has 3 aromatic carbocycles. The Labute approximate surface area is 343 Å². The smallest absolute Gasteiger partial charge is 0.780 e. The maximum Gasteiger partial charge on any atom is 1.00 e. The molecule has 3 aromatic rings. The summed E-state index contributed by atoms with van der Waals surface area (Å²) in [6.07, 6.45) is 3.92. The van der Waals surface area contributed by atoms with E-state index in [0.717, 1.165) is 42.7 Å². The topological polar surface area (TPSA) is 140 Å². The normalized spacial score (nSPS) is 19.3. The van der Waals surface area contributed by atoms with Crippen LogP contribution in [0.2, 0.25) is 0 Å². The van der Waals surface area contributed by atoms with E-state index in [4.69, 9.17) is 0 Å². The van der Waals surface area contributed by atoms with Crippen molar-refractivity contribution in [3.8, 4) is 5.75 Å². The molecule has 0 unspecified atom stereocenters. The molecule has 3 fully saturated rings. The molecule has 0 bridgehead atoms. The number of rotatable bonds is 12. The van der Waals surface area contributed by atoms with Crippen molar-refractivity contribution in [2.75, 3.05) is 37.6 Å². The molecule has 0 radical (unpaired) electrons. The molecule has 0 spiro atoms. The molecular weight excluding hydrogens is 691 g/mol. The number of carbonyl (C=O) groups is 3. The number of nitrogens with zero attached hydrogens (tertiary/aromatic N) is 5. The van der Waals surface area contributed by atoms with Crippen LogP contribution in [0.5, 0.6) is 5.75 Å². The van der Waals surface area contributed by atoms with Crippen molar-refractivity contribution in [2.24, 2.45) is 0 Å². The molecule has 12 nitrogen and oxygen atoms in total. The van der Waals surface area contributed by atoms with Gasteiger partial charge in [0.25, 0.3) is 0 Å². The number of fused-ring (bicyclic) bond motifs is 1. The molecule has 3 heterocycles. The van der Waals surface area contributed by atoms with Gasteiger partial charge in [-0.05, 0) is 54.2 Å². The standard InChI is InChI=1S/C36H42N5O7P.2Na/c1-2-20-39-26-35(43)40-32(23-28-14-17-30(18-15-28)48-49(45,46)47)36(44)38(24-29-12-6-7-13-31(29)37-21-8-9-22-37)25-33(40)41(39)34(42)19-16-27-10-4-3-5-11-27;;/h2-7,10-15,17-18,32-33H,1,8-9,16,19-26H2,(H2,45,46,47);;/q;2*+1/p-2/t32-,33-;;/m0../s1. The first kappa shape index (κ1) is 41.3. The predicted octanol–water partition coefficient (Wildman–Crippen LogP) is -3.51. The van der Waals surface area contributed by atoms with Crippen molar-refractivity contribution in [1.82, 2.24) is 19.8 Å². The van der Waals surface area contributed by atoms with Crippen molar-refractivity contribution in [2.45, 2.75) is 50.9 Å². The SMILES string of the molecule is C=CCN1CC(=O)N2[C@@H](Cc3ccc(OP(=O)([O-])[O-])cc3)C(=O)N(Cc3ccccc3N3CCCC3)C[C@@H]2N1C(=O)CCc1ccccc1.[Na+].[Na+]. The Morgan fingerprint density at radius 2 is 1.59 bits per heavy atom. The van der Waals surface area contributed by atoms with E-state index in [-0.39, 0.29) is 115 Å². The van der Waals surface area contributed by atoms with Gasteiger partial charge in [-0.1, -0.05) is 66.7 Å². The van der Waals surface area contributed by atoms with Crippen LogP contribution in [0.25, 0.3) is 0 Å². The first-order valence-corrected chi connectivity index (χ1v) is 18.0. The Balaban J connectivity index is 0.00000292. The van der Waals surface area contributed by atoms with Crippen molar-refractivity contribution in [3.05, 3.63) is 108 Å². The van der Waals surface area contributed by atoms with Gasteiger partial charge in [0.05, 0.1) is 13.1 Å². The van der Waals surface area contributed by atoms with Gasteiger partial charge in [-0.15, -0.1) is 6.58 Å². The van der Waals surface area contributed by atoms with Gasteiger partial charge in [0.15, 0.2) is 0 Å². The van der Waals surface area contributed by atoms with Gasteiger partial charge in [0.1, 0.15) is 25.8 Å². The molecule has 3 amide bonds. The van der Waals surface area contributed by atoms with E-state index >= 15 is 0 Å². The fraction of sp³-hybridized carbons (Fsp3) is 0.361. The molecule has 3 aliphatic rings. The van der Waals surface area contributed by atoms with Crippen LogP contribution in [0, 0.1) is 0 Å². The number of carbonyl (C=O) groups excluding carboxylic acids is 3. The average Bonchev–Trinajstić information content (AvgIpc) is 3.62. The van der Waals surface area contributed by atoms with E-state index in [0.29, 0.717) is 18.5 Å². The summed E-state index contributed by atoms with van der Waals surface area (Å²) in [5.41, 5.74) is 3.70. The molecular formula is C36H40N5Na2O7P. The van der Waals surface area contributed by atoms with Gasteiger partial charge in [0.2, 0.25) is 17.7 Å². The van der Waals surface area contributed by atoms with Crippen LogP contribution >= 0.6 is 7.82 Å². The van der Waals surface area contributed by atoms with Crippen LogP contribution in [-0.4, -0.2) is 82.5 Å². The van der Waals surface area contributed by atoms with E-state index < -0.39 is 20.0 Å². The molecule has 2 atom stereocenters. The van der Waals surface area contributed by atoms with Gasteiger partial charge in [-0.25, -0.2) is 10.0 Å². The summed E-state index contributed by atoms with van der Waals surface area (Å²) >= 11 is 0. The monoisotopic (exact) mass is 731 g/mol. The maximum absolute atomic E-state index is 14.5. The molecule has 0 aromatic heterocycles. The van der Waals surface area contributed by atoms with Crippen molar-refractivity contribution in [1.29, 1.82) is 0 Å². The van der Waals surface area contributed by atoms with E-state index in [2.05, 4.69) is 22.1 Å². The van der Waals surface area contributed by atoms with Gasteiger partial charge >= 0.3 is 59.1 Å². The Hall–Kier alpha value is -2.48. The third-order valence-corrected chi connectivity index (χ3v) is 9.70. The largest absolute Gasteiger partial charge is 1.00 e. The Kier molecular flexibility index (Phi) is 15.0. The number of benzene rings is 3. The number of anilines is 1. The summed E-state index contributed by atoms with van der Waals surface area (Å²) in [5.74, 6) is -0.846. The van der Waals surface area contributed by atoms with Gasteiger partial charge in [0, 0.05) is 44.7 Å². The second-order valence-corrected chi connectivity index (χ2v) is 13.7. The van der Waals surface area contributed by atoms with Crippen LogP contribution in [0.1, 0.15) is 36.0 Å². The third kappa shape index (κ3) is 10.1. The Morgan fingerprint density at radius 1 is 0.922 bits per heavy atom. The number of phosphoric acid groups is 1. The minimum atomic E-state index is -5.25. The first-order chi connectivity index (χ1) is 23.6. The Morgan fingerprint density at radius 3 is 2.25 bits per heavy atom. The predicted molar refractivity (Wildman–Crippen MR) is 179 cm³/mol. The molecule has 3 saturated heterocycles. The third-order valence-electron chi connectivity index (χ3n) is 9.27. The number of hydrogen-bond donors (Lipinski definition) is 0. The quantitative estimate of drug-likeness (QED) is 0.106. The molecule has 6 rings (SSSR count). The minimum Gasteiger partial charge on any atom is -0.780 e. The van der Waals surface area contributed by atoms with Crippen LogP contribution in [0.3, 0.4) is 0 Å². The second-order valence-electron chi connectivity index (χ2n) is 12.6. The second kappa shape index (κ2) is 18.5. The summed E-state index contributed by atoms with van der Waals surface area (Å²) in [5, 5.41) is 3.35. The van der Waals surface area contributed by atoms with Crippen molar-refractivity contribution in [3.63, 3.8) is 0 Å². The van der Waals surface area contributed by atoms with Crippen LogP contribution in [0.15, 0.2) is 91.5 Å². The number of aryl methyl sites for hydroxylation is 1. The fourth-order valence-corrected chi connectivity index (χ4v) is 7.45. The van der Waals surface area contributed by atoms with E-state index in [1.54, 1.807) is 38.0 Å². The fourth-order valence-electron chi connectivity index (χ4n) is 7.07. The zero-order valence-corrected chi connectivity index (χ0v) is 34.2. The molecule has 0 aliphatic carbocycles.